The van der Waals surface area contributed by atoms with Gasteiger partial charge in [0, 0.05) is 29.3 Å². The molecule has 4 aromatic rings. The lowest BCUT2D eigenvalue weighted by molar-refractivity contribution is 0.0473. The zero-order valence-corrected chi connectivity index (χ0v) is 13.7. The molecule has 0 aliphatic rings. The van der Waals surface area contributed by atoms with Crippen molar-refractivity contribution in [3.05, 3.63) is 70.5 Å². The summed E-state index contributed by atoms with van der Waals surface area (Å²) in [5, 5.41) is 8.31. The van der Waals surface area contributed by atoms with Crippen molar-refractivity contribution in [2.75, 3.05) is 7.11 Å². The highest BCUT2D eigenvalue weighted by Crippen LogP contribution is 2.23. The molecule has 1 aromatic carbocycles. The second kappa shape index (κ2) is 6.32. The molecule has 0 fully saturated rings. The SMILES string of the molecule is COc1ccc2c(COC(=O)c3ccc4nncn4c3)cc(=O)oc2c1. The number of hydrogen-bond donors (Lipinski definition) is 0. The van der Waals surface area contributed by atoms with Crippen molar-refractivity contribution in [2.24, 2.45) is 0 Å². The minimum absolute atomic E-state index is 0.0620. The molecule has 26 heavy (non-hydrogen) atoms. The first kappa shape index (κ1) is 15.8. The molecule has 8 nitrogen and oxygen atoms in total. The number of carbonyl (C=O) groups is 1. The molecule has 0 saturated heterocycles. The Labute approximate surface area is 146 Å². The Balaban J connectivity index is 1.60. The predicted octanol–water partition coefficient (Wildman–Crippen LogP) is 2.20. The molecular formula is C18H13N3O5. The number of aromatic nitrogens is 3. The van der Waals surface area contributed by atoms with Gasteiger partial charge in [0.2, 0.25) is 0 Å². The Hall–Kier alpha value is -3.68. The molecule has 0 spiro atoms. The minimum Gasteiger partial charge on any atom is -0.497 e. The zero-order chi connectivity index (χ0) is 18.1. The van der Waals surface area contributed by atoms with Gasteiger partial charge in [-0.25, -0.2) is 9.59 Å². The number of nitrogens with zero attached hydrogens (tertiary/aromatic N) is 3. The van der Waals surface area contributed by atoms with E-state index in [2.05, 4.69) is 10.2 Å². The Morgan fingerprint density at radius 1 is 1.23 bits per heavy atom. The second-order valence-electron chi connectivity index (χ2n) is 5.54. The number of esters is 1. The number of methoxy groups -OCH3 is 1. The van der Waals surface area contributed by atoms with Crippen LogP contribution >= 0.6 is 0 Å². The zero-order valence-electron chi connectivity index (χ0n) is 13.7. The maximum atomic E-state index is 12.3. The van der Waals surface area contributed by atoms with Crippen LogP contribution in [0.1, 0.15) is 15.9 Å². The third kappa shape index (κ3) is 2.88. The van der Waals surface area contributed by atoms with E-state index >= 15 is 0 Å². The summed E-state index contributed by atoms with van der Waals surface area (Å²) in [6, 6.07) is 9.70. The van der Waals surface area contributed by atoms with Crippen LogP contribution in [0.4, 0.5) is 0 Å². The molecule has 0 N–H and O–H groups in total. The summed E-state index contributed by atoms with van der Waals surface area (Å²) < 4.78 is 17.3. The first-order valence-electron chi connectivity index (χ1n) is 7.71. The van der Waals surface area contributed by atoms with Gasteiger partial charge in [0.05, 0.1) is 12.7 Å². The molecule has 0 saturated carbocycles. The number of hydrogen-bond acceptors (Lipinski definition) is 7. The molecule has 0 aliphatic carbocycles. The second-order valence-corrected chi connectivity index (χ2v) is 5.54. The highest BCUT2D eigenvalue weighted by atomic mass is 16.5. The average Bonchev–Trinajstić information content (AvgIpc) is 3.12. The molecular weight excluding hydrogens is 338 g/mol. The predicted molar refractivity (Wildman–Crippen MR) is 91.1 cm³/mol. The highest BCUT2D eigenvalue weighted by Gasteiger charge is 2.12. The number of benzene rings is 1. The average molecular weight is 351 g/mol. The van der Waals surface area contributed by atoms with Gasteiger partial charge in [-0.2, -0.15) is 0 Å². The fourth-order valence-electron chi connectivity index (χ4n) is 2.63. The fourth-order valence-corrected chi connectivity index (χ4v) is 2.63. The van der Waals surface area contributed by atoms with Crippen LogP contribution in [0.3, 0.4) is 0 Å². The van der Waals surface area contributed by atoms with E-state index in [1.165, 1.54) is 19.5 Å². The Kier molecular flexibility index (Phi) is 3.85. The standard InChI is InChI=1S/C18H13N3O5/c1-24-13-3-4-14-12(6-17(22)26-15(14)7-13)9-25-18(23)11-2-5-16-20-19-10-21(16)8-11/h2-8,10H,9H2,1H3. The summed E-state index contributed by atoms with van der Waals surface area (Å²) >= 11 is 0. The lowest BCUT2D eigenvalue weighted by Gasteiger charge is -2.08. The van der Waals surface area contributed by atoms with Crippen molar-refractivity contribution in [3.63, 3.8) is 0 Å². The molecule has 3 heterocycles. The van der Waals surface area contributed by atoms with Gasteiger partial charge in [-0.3, -0.25) is 4.40 Å². The van der Waals surface area contributed by atoms with Crippen molar-refractivity contribution in [2.45, 2.75) is 6.61 Å². The molecule has 0 unspecified atom stereocenters. The number of fused-ring (bicyclic) bond motifs is 2. The van der Waals surface area contributed by atoms with Crippen LogP contribution in [0.5, 0.6) is 5.75 Å². The number of rotatable bonds is 4. The molecule has 0 amide bonds. The lowest BCUT2D eigenvalue weighted by Crippen LogP contribution is -2.08. The topological polar surface area (TPSA) is 95.9 Å². The van der Waals surface area contributed by atoms with E-state index in [9.17, 15) is 9.59 Å². The molecule has 0 aliphatic heterocycles. The first-order valence-corrected chi connectivity index (χ1v) is 7.71. The molecule has 4 rings (SSSR count). The van der Waals surface area contributed by atoms with E-state index in [4.69, 9.17) is 13.9 Å². The van der Waals surface area contributed by atoms with Crippen LogP contribution in [0.15, 0.2) is 58.1 Å². The Bertz CT molecular complexity index is 1180. The largest absolute Gasteiger partial charge is 0.497 e. The monoisotopic (exact) mass is 351 g/mol. The van der Waals surface area contributed by atoms with Crippen LogP contribution < -0.4 is 10.4 Å². The van der Waals surface area contributed by atoms with Gasteiger partial charge in [-0.1, -0.05) is 0 Å². The van der Waals surface area contributed by atoms with Gasteiger partial charge in [-0.05, 0) is 24.3 Å². The van der Waals surface area contributed by atoms with Crippen LogP contribution in [0.2, 0.25) is 0 Å². The molecule has 0 bridgehead atoms. The normalized spacial score (nSPS) is 11.0. The maximum absolute atomic E-state index is 12.3. The summed E-state index contributed by atoms with van der Waals surface area (Å²) in [6.45, 7) is -0.0620. The van der Waals surface area contributed by atoms with Crippen molar-refractivity contribution >= 4 is 22.6 Å². The van der Waals surface area contributed by atoms with Gasteiger partial charge >= 0.3 is 11.6 Å². The molecule has 3 aromatic heterocycles. The van der Waals surface area contributed by atoms with E-state index in [0.717, 1.165) is 0 Å². The van der Waals surface area contributed by atoms with Crippen molar-refractivity contribution in [1.29, 1.82) is 0 Å². The number of carbonyl (C=O) groups excluding carboxylic acids is 1. The van der Waals surface area contributed by atoms with Gasteiger partial charge in [-0.15, -0.1) is 10.2 Å². The van der Waals surface area contributed by atoms with E-state index < -0.39 is 11.6 Å². The molecule has 8 heteroatoms. The summed E-state index contributed by atoms with van der Waals surface area (Å²) in [6.07, 6.45) is 3.08. The molecule has 130 valence electrons. The minimum atomic E-state index is -0.525. The fraction of sp³-hybridized carbons (Fsp3) is 0.111. The van der Waals surface area contributed by atoms with E-state index in [0.29, 0.717) is 33.5 Å². The number of ether oxygens (including phenoxy) is 2. The first-order chi connectivity index (χ1) is 12.6. The Morgan fingerprint density at radius 2 is 2.12 bits per heavy atom. The van der Waals surface area contributed by atoms with Gasteiger partial charge in [0.1, 0.15) is 24.3 Å². The van der Waals surface area contributed by atoms with E-state index in [-0.39, 0.29) is 6.61 Å². The quantitative estimate of drug-likeness (QED) is 0.411. The smallest absolute Gasteiger partial charge is 0.339 e. The third-order valence-electron chi connectivity index (χ3n) is 3.92. The summed E-state index contributed by atoms with van der Waals surface area (Å²) in [5.41, 5.74) is 1.38. The summed E-state index contributed by atoms with van der Waals surface area (Å²) in [5.74, 6) is 0.0486. The van der Waals surface area contributed by atoms with E-state index in [1.807, 2.05) is 0 Å². The van der Waals surface area contributed by atoms with Crippen LogP contribution in [-0.4, -0.2) is 27.7 Å². The van der Waals surface area contributed by atoms with Crippen molar-refractivity contribution in [1.82, 2.24) is 14.6 Å². The lowest BCUT2D eigenvalue weighted by atomic mass is 10.1. The summed E-state index contributed by atoms with van der Waals surface area (Å²) in [7, 11) is 1.53. The molecule has 0 radical (unpaired) electrons. The maximum Gasteiger partial charge on any atom is 0.339 e. The number of pyridine rings is 1. The van der Waals surface area contributed by atoms with Crippen LogP contribution in [-0.2, 0) is 11.3 Å². The van der Waals surface area contributed by atoms with Crippen molar-refractivity contribution in [3.8, 4) is 5.75 Å². The molecule has 0 atom stereocenters. The summed E-state index contributed by atoms with van der Waals surface area (Å²) in [4.78, 5) is 24.1. The van der Waals surface area contributed by atoms with Gasteiger partial charge in [0.15, 0.2) is 5.65 Å². The Morgan fingerprint density at radius 3 is 2.96 bits per heavy atom. The van der Waals surface area contributed by atoms with Gasteiger partial charge < -0.3 is 13.9 Å². The van der Waals surface area contributed by atoms with E-state index in [1.54, 1.807) is 40.9 Å². The van der Waals surface area contributed by atoms with Crippen molar-refractivity contribution < 1.29 is 18.7 Å². The van der Waals surface area contributed by atoms with Gasteiger partial charge in [0.25, 0.3) is 0 Å². The van der Waals surface area contributed by atoms with Crippen LogP contribution in [0.25, 0.3) is 16.6 Å². The highest BCUT2D eigenvalue weighted by molar-refractivity contribution is 5.89. The van der Waals surface area contributed by atoms with Crippen LogP contribution in [0, 0.1) is 0 Å². The third-order valence-corrected chi connectivity index (χ3v) is 3.92.